The van der Waals surface area contributed by atoms with E-state index in [1.165, 1.54) is 29.5 Å². The summed E-state index contributed by atoms with van der Waals surface area (Å²) in [7, 11) is 0. The van der Waals surface area contributed by atoms with E-state index in [2.05, 4.69) is 79.5 Å². The summed E-state index contributed by atoms with van der Waals surface area (Å²) in [4.78, 5) is 2.35. The van der Waals surface area contributed by atoms with Crippen LogP contribution >= 0.6 is 12.2 Å². The first kappa shape index (κ1) is 17.0. The van der Waals surface area contributed by atoms with Crippen LogP contribution in [0.5, 0.6) is 0 Å². The molecule has 2 nitrogen and oxygen atoms in total. The van der Waals surface area contributed by atoms with E-state index in [1.807, 2.05) is 0 Å². The number of benzene rings is 2. The summed E-state index contributed by atoms with van der Waals surface area (Å²) >= 11 is 5.80. The van der Waals surface area contributed by atoms with E-state index in [0.29, 0.717) is 6.04 Å². The van der Waals surface area contributed by atoms with Crippen molar-refractivity contribution in [2.45, 2.75) is 46.2 Å². The van der Waals surface area contributed by atoms with E-state index >= 15 is 0 Å². The van der Waals surface area contributed by atoms with Gasteiger partial charge < -0.3 is 10.2 Å². The van der Waals surface area contributed by atoms with E-state index in [9.17, 15) is 0 Å². The van der Waals surface area contributed by atoms with Crippen molar-refractivity contribution in [3.05, 3.63) is 65.2 Å². The summed E-state index contributed by atoms with van der Waals surface area (Å²) in [6.07, 6.45) is 2.64. The third kappa shape index (κ3) is 3.96. The Morgan fingerprint density at radius 3 is 2.50 bits per heavy atom. The first-order valence-electron chi connectivity index (χ1n) is 8.74. The largest absolute Gasteiger partial charge is 0.342 e. The van der Waals surface area contributed by atoms with Crippen molar-refractivity contribution < 1.29 is 0 Å². The lowest BCUT2D eigenvalue weighted by Gasteiger charge is -2.32. The molecular weight excluding hydrogens is 312 g/mol. The molecule has 1 fully saturated rings. The molecule has 0 aromatic heterocycles. The predicted octanol–water partition coefficient (Wildman–Crippen LogP) is 5.30. The maximum Gasteiger partial charge on any atom is 0.173 e. The summed E-state index contributed by atoms with van der Waals surface area (Å²) in [5.74, 6) is 0.770. The van der Waals surface area contributed by atoms with Gasteiger partial charge in [-0.1, -0.05) is 42.5 Å². The third-order valence-electron chi connectivity index (χ3n) is 5.10. The smallest absolute Gasteiger partial charge is 0.173 e. The number of anilines is 1. The zero-order valence-corrected chi connectivity index (χ0v) is 15.6. The van der Waals surface area contributed by atoms with Crippen LogP contribution in [0, 0.1) is 19.8 Å². The molecule has 1 saturated carbocycles. The molecule has 0 heterocycles. The molecular formula is C21H26N2S. The molecule has 0 saturated heterocycles. The van der Waals surface area contributed by atoms with Gasteiger partial charge in [0.25, 0.3) is 0 Å². The first-order valence-corrected chi connectivity index (χ1v) is 9.15. The Hall–Kier alpha value is -1.87. The van der Waals surface area contributed by atoms with Gasteiger partial charge in [0.1, 0.15) is 0 Å². The van der Waals surface area contributed by atoms with Gasteiger partial charge in [0.05, 0.1) is 0 Å². The molecule has 2 aromatic carbocycles. The van der Waals surface area contributed by atoms with Crippen LogP contribution in [0.1, 0.15) is 36.5 Å². The maximum atomic E-state index is 5.80. The van der Waals surface area contributed by atoms with E-state index in [1.54, 1.807) is 0 Å². The summed E-state index contributed by atoms with van der Waals surface area (Å²) in [6, 6.07) is 17.4. The standard InChI is InChI=1S/C21H26N2S/c1-15-8-7-11-20(16(15)2)22-21(24)23(17(3)19-12-13-19)14-18-9-5-4-6-10-18/h4-11,17,19H,12-14H2,1-3H3,(H,22,24). The van der Waals surface area contributed by atoms with Gasteiger partial charge in [-0.05, 0) is 74.5 Å². The molecule has 1 aliphatic carbocycles. The molecule has 1 N–H and O–H groups in total. The van der Waals surface area contributed by atoms with Crippen LogP contribution in [0.4, 0.5) is 5.69 Å². The molecule has 2 aromatic rings. The Morgan fingerprint density at radius 1 is 1.12 bits per heavy atom. The summed E-state index contributed by atoms with van der Waals surface area (Å²) < 4.78 is 0. The Morgan fingerprint density at radius 2 is 1.83 bits per heavy atom. The minimum Gasteiger partial charge on any atom is -0.342 e. The van der Waals surface area contributed by atoms with Crippen LogP contribution in [-0.4, -0.2) is 16.1 Å². The molecule has 24 heavy (non-hydrogen) atoms. The molecule has 126 valence electrons. The Balaban J connectivity index is 1.79. The average Bonchev–Trinajstić information content (AvgIpc) is 3.42. The fourth-order valence-corrected chi connectivity index (χ4v) is 3.43. The summed E-state index contributed by atoms with van der Waals surface area (Å²) in [5, 5.41) is 4.32. The molecule has 0 bridgehead atoms. The van der Waals surface area contributed by atoms with Crippen molar-refractivity contribution in [1.82, 2.24) is 4.90 Å². The van der Waals surface area contributed by atoms with E-state index < -0.39 is 0 Å². The summed E-state index contributed by atoms with van der Waals surface area (Å²) in [5.41, 5.74) is 4.96. The van der Waals surface area contributed by atoms with Crippen LogP contribution in [-0.2, 0) is 6.54 Å². The topological polar surface area (TPSA) is 15.3 Å². The summed E-state index contributed by atoms with van der Waals surface area (Å²) in [6.45, 7) is 7.44. The number of hydrogen-bond donors (Lipinski definition) is 1. The second kappa shape index (κ2) is 7.35. The van der Waals surface area contributed by atoms with Crippen molar-refractivity contribution >= 4 is 23.0 Å². The monoisotopic (exact) mass is 338 g/mol. The molecule has 1 atom stereocenters. The second-order valence-electron chi connectivity index (χ2n) is 6.87. The molecule has 0 amide bonds. The molecule has 0 spiro atoms. The van der Waals surface area contributed by atoms with Crippen molar-refractivity contribution in [1.29, 1.82) is 0 Å². The fraction of sp³-hybridized carbons (Fsp3) is 0.381. The molecule has 1 aliphatic rings. The van der Waals surface area contributed by atoms with Gasteiger partial charge in [0, 0.05) is 18.3 Å². The highest BCUT2D eigenvalue weighted by Crippen LogP contribution is 2.36. The normalized spacial score (nSPS) is 15.0. The van der Waals surface area contributed by atoms with E-state index in [0.717, 1.165) is 23.3 Å². The van der Waals surface area contributed by atoms with Gasteiger partial charge in [-0.25, -0.2) is 0 Å². The zero-order chi connectivity index (χ0) is 17.1. The lowest BCUT2D eigenvalue weighted by molar-refractivity contribution is 0.298. The van der Waals surface area contributed by atoms with Gasteiger partial charge in [0.2, 0.25) is 0 Å². The number of nitrogens with zero attached hydrogens (tertiary/aromatic N) is 1. The minimum absolute atomic E-state index is 0.468. The van der Waals surface area contributed by atoms with Crippen molar-refractivity contribution in [3.8, 4) is 0 Å². The van der Waals surface area contributed by atoms with Crippen LogP contribution < -0.4 is 5.32 Å². The predicted molar refractivity (Wildman–Crippen MR) is 106 cm³/mol. The van der Waals surface area contributed by atoms with Gasteiger partial charge in [0.15, 0.2) is 5.11 Å². The Labute approximate surface area is 150 Å². The van der Waals surface area contributed by atoms with Crippen LogP contribution in [0.25, 0.3) is 0 Å². The first-order chi connectivity index (χ1) is 11.6. The van der Waals surface area contributed by atoms with E-state index in [4.69, 9.17) is 12.2 Å². The molecule has 0 radical (unpaired) electrons. The fourth-order valence-electron chi connectivity index (χ4n) is 3.09. The highest BCUT2D eigenvalue weighted by molar-refractivity contribution is 7.80. The second-order valence-corrected chi connectivity index (χ2v) is 7.26. The number of rotatable bonds is 5. The molecule has 3 heteroatoms. The Kier molecular flexibility index (Phi) is 5.20. The lowest BCUT2D eigenvalue weighted by Crippen LogP contribution is -2.42. The van der Waals surface area contributed by atoms with E-state index in [-0.39, 0.29) is 0 Å². The number of thiocarbonyl (C=S) groups is 1. The zero-order valence-electron chi connectivity index (χ0n) is 14.8. The lowest BCUT2D eigenvalue weighted by atomic mass is 10.1. The maximum absolute atomic E-state index is 5.80. The third-order valence-corrected chi connectivity index (χ3v) is 5.44. The van der Waals surface area contributed by atoms with Crippen molar-refractivity contribution in [2.24, 2.45) is 5.92 Å². The quantitative estimate of drug-likeness (QED) is 0.745. The number of hydrogen-bond acceptors (Lipinski definition) is 1. The van der Waals surface area contributed by atoms with Gasteiger partial charge in [-0.15, -0.1) is 0 Å². The van der Waals surface area contributed by atoms with Gasteiger partial charge >= 0.3 is 0 Å². The molecule has 3 rings (SSSR count). The Bertz CT molecular complexity index is 707. The SMILES string of the molecule is Cc1cccc(NC(=S)N(Cc2ccccc2)C(C)C2CC2)c1C. The van der Waals surface area contributed by atoms with Crippen LogP contribution in [0.2, 0.25) is 0 Å². The minimum atomic E-state index is 0.468. The van der Waals surface area contributed by atoms with Crippen LogP contribution in [0.15, 0.2) is 48.5 Å². The highest BCUT2D eigenvalue weighted by atomic mass is 32.1. The van der Waals surface area contributed by atoms with Gasteiger partial charge in [-0.3, -0.25) is 0 Å². The number of aryl methyl sites for hydroxylation is 1. The van der Waals surface area contributed by atoms with Crippen molar-refractivity contribution in [3.63, 3.8) is 0 Å². The van der Waals surface area contributed by atoms with Gasteiger partial charge in [-0.2, -0.15) is 0 Å². The average molecular weight is 339 g/mol. The highest BCUT2D eigenvalue weighted by Gasteiger charge is 2.33. The molecule has 1 unspecified atom stereocenters. The number of nitrogens with one attached hydrogen (secondary N) is 1. The van der Waals surface area contributed by atoms with Crippen molar-refractivity contribution in [2.75, 3.05) is 5.32 Å². The van der Waals surface area contributed by atoms with Crippen LogP contribution in [0.3, 0.4) is 0 Å². The molecule has 0 aliphatic heterocycles.